The van der Waals surface area contributed by atoms with E-state index in [1.165, 1.54) is 6.20 Å². The quantitative estimate of drug-likeness (QED) is 0.777. The van der Waals surface area contributed by atoms with Crippen molar-refractivity contribution in [1.82, 2.24) is 9.97 Å². The second kappa shape index (κ2) is 7.37. The highest BCUT2D eigenvalue weighted by Crippen LogP contribution is 2.12. The van der Waals surface area contributed by atoms with Gasteiger partial charge in [-0.15, -0.1) is 0 Å². The van der Waals surface area contributed by atoms with Crippen molar-refractivity contribution in [3.05, 3.63) is 29.4 Å². The topological polar surface area (TPSA) is 93.3 Å². The first kappa shape index (κ1) is 15.8. The van der Waals surface area contributed by atoms with E-state index in [-0.39, 0.29) is 11.7 Å². The Balaban J connectivity index is 2.98. The van der Waals surface area contributed by atoms with E-state index >= 15 is 0 Å². The maximum atomic E-state index is 11.3. The largest absolute Gasteiger partial charge is 0.364 e. The van der Waals surface area contributed by atoms with Gasteiger partial charge in [-0.05, 0) is 27.2 Å². The molecule has 1 amide bonds. The van der Waals surface area contributed by atoms with Crippen LogP contribution in [0.5, 0.6) is 0 Å². The third kappa shape index (κ3) is 4.46. The molecule has 6 nitrogen and oxygen atoms in total. The van der Waals surface area contributed by atoms with Crippen molar-refractivity contribution in [3.8, 4) is 0 Å². The van der Waals surface area contributed by atoms with Gasteiger partial charge in [-0.3, -0.25) is 9.79 Å². The van der Waals surface area contributed by atoms with E-state index in [0.717, 1.165) is 12.1 Å². The number of hydrogen-bond acceptors (Lipinski definition) is 5. The van der Waals surface area contributed by atoms with Gasteiger partial charge in [0, 0.05) is 18.5 Å². The first-order valence-corrected chi connectivity index (χ1v) is 6.57. The number of hydrogen-bond donors (Lipinski definition) is 2. The van der Waals surface area contributed by atoms with Gasteiger partial charge in [-0.2, -0.15) is 0 Å². The summed E-state index contributed by atoms with van der Waals surface area (Å²) in [5.41, 5.74) is 6.85. The summed E-state index contributed by atoms with van der Waals surface area (Å²) in [5, 5.41) is 3.04. The molecule has 0 bridgehead atoms. The van der Waals surface area contributed by atoms with Crippen LogP contribution < -0.4 is 11.1 Å². The van der Waals surface area contributed by atoms with Crippen LogP contribution in [0.3, 0.4) is 0 Å². The lowest BCUT2D eigenvalue weighted by Gasteiger charge is -2.10. The number of nitrogens with one attached hydrogen (secondary N) is 1. The van der Waals surface area contributed by atoms with Crippen molar-refractivity contribution in [2.24, 2.45) is 10.7 Å². The Kier molecular flexibility index (Phi) is 5.83. The van der Waals surface area contributed by atoms with E-state index in [9.17, 15) is 4.79 Å². The molecule has 1 aromatic rings. The molecule has 1 unspecified atom stereocenters. The van der Waals surface area contributed by atoms with Gasteiger partial charge >= 0.3 is 0 Å². The predicted octanol–water partition coefficient (Wildman–Crippen LogP) is 2.07. The number of aliphatic imine (C=N–C) groups is 1. The molecule has 1 aromatic heterocycles. The number of carbonyl (C=O) groups is 1. The molecule has 0 aliphatic rings. The molecule has 1 atom stereocenters. The van der Waals surface area contributed by atoms with Gasteiger partial charge in [-0.1, -0.05) is 13.0 Å². The molecule has 1 rings (SSSR count). The van der Waals surface area contributed by atoms with Crippen molar-refractivity contribution < 1.29 is 4.79 Å². The van der Waals surface area contributed by atoms with E-state index in [1.54, 1.807) is 13.1 Å². The Morgan fingerprint density at radius 3 is 2.85 bits per heavy atom. The number of carbonyl (C=O) groups excluding carboxylic acids is 1. The molecule has 0 saturated carbocycles. The monoisotopic (exact) mass is 275 g/mol. The van der Waals surface area contributed by atoms with Gasteiger partial charge < -0.3 is 11.1 Å². The summed E-state index contributed by atoms with van der Waals surface area (Å²) in [7, 11) is 0. The number of anilines is 1. The third-order valence-corrected chi connectivity index (χ3v) is 2.76. The van der Waals surface area contributed by atoms with E-state index in [4.69, 9.17) is 5.73 Å². The molecule has 3 N–H and O–H groups in total. The number of aromatic nitrogens is 2. The Labute approximate surface area is 119 Å². The zero-order valence-corrected chi connectivity index (χ0v) is 12.3. The summed E-state index contributed by atoms with van der Waals surface area (Å²) in [5.74, 6) is -0.268. The SMILES string of the molecule is C/C=C(\C=NC(C)CC)Nc1nc(C)cnc1C(N)=O. The van der Waals surface area contributed by atoms with Gasteiger partial charge in [0.15, 0.2) is 11.5 Å². The Morgan fingerprint density at radius 1 is 1.60 bits per heavy atom. The highest BCUT2D eigenvalue weighted by Gasteiger charge is 2.12. The summed E-state index contributed by atoms with van der Waals surface area (Å²) in [4.78, 5) is 24.0. The van der Waals surface area contributed by atoms with Crippen molar-refractivity contribution >= 4 is 17.9 Å². The summed E-state index contributed by atoms with van der Waals surface area (Å²) >= 11 is 0. The molecule has 6 heteroatoms. The minimum Gasteiger partial charge on any atom is -0.364 e. The van der Waals surface area contributed by atoms with Gasteiger partial charge in [-0.25, -0.2) is 9.97 Å². The molecule has 0 aromatic carbocycles. The number of rotatable bonds is 6. The lowest BCUT2D eigenvalue weighted by molar-refractivity contribution is 0.0996. The number of primary amides is 1. The normalized spacial score (nSPS) is 13.5. The first-order chi connectivity index (χ1) is 9.47. The molecule has 0 fully saturated rings. The minimum atomic E-state index is -0.616. The van der Waals surface area contributed by atoms with Gasteiger partial charge in [0.05, 0.1) is 11.4 Å². The van der Waals surface area contributed by atoms with Crippen LogP contribution in [0.1, 0.15) is 43.4 Å². The lowest BCUT2D eigenvalue weighted by Crippen LogP contribution is -2.18. The molecule has 20 heavy (non-hydrogen) atoms. The van der Waals surface area contributed by atoms with E-state index in [1.807, 2.05) is 19.9 Å². The van der Waals surface area contributed by atoms with E-state index in [0.29, 0.717) is 11.5 Å². The molecular formula is C14H21N5O. The predicted molar refractivity (Wildman–Crippen MR) is 80.9 cm³/mol. The molecule has 0 radical (unpaired) electrons. The maximum absolute atomic E-state index is 11.3. The van der Waals surface area contributed by atoms with Crippen LogP contribution in [0.2, 0.25) is 0 Å². The standard InChI is InChI=1S/C14H21N5O/c1-5-9(3)16-8-11(6-2)19-14-12(13(15)20)17-7-10(4)18-14/h6-9H,5H2,1-4H3,(H2,15,20)(H,18,19)/b11-6+,16-8?. The Bertz CT molecular complexity index is 536. The zero-order chi connectivity index (χ0) is 15.1. The number of nitrogens with zero attached hydrogens (tertiary/aromatic N) is 3. The summed E-state index contributed by atoms with van der Waals surface area (Å²) in [6.07, 6.45) is 6.04. The first-order valence-electron chi connectivity index (χ1n) is 6.57. The van der Waals surface area contributed by atoms with Crippen LogP contribution in [0, 0.1) is 6.92 Å². The second-order valence-corrected chi connectivity index (χ2v) is 4.48. The highest BCUT2D eigenvalue weighted by molar-refractivity contribution is 5.96. The molecule has 0 aliphatic heterocycles. The molecule has 0 aliphatic carbocycles. The fraction of sp³-hybridized carbons (Fsp3) is 0.429. The Morgan fingerprint density at radius 2 is 2.30 bits per heavy atom. The summed E-state index contributed by atoms with van der Waals surface area (Å²) in [6, 6.07) is 0.242. The number of nitrogens with two attached hydrogens (primary N) is 1. The minimum absolute atomic E-state index is 0.117. The lowest BCUT2D eigenvalue weighted by atomic mass is 10.3. The smallest absolute Gasteiger partial charge is 0.271 e. The molecular weight excluding hydrogens is 254 g/mol. The average molecular weight is 275 g/mol. The third-order valence-electron chi connectivity index (χ3n) is 2.76. The van der Waals surface area contributed by atoms with Crippen LogP contribution in [0.25, 0.3) is 0 Å². The van der Waals surface area contributed by atoms with Gasteiger partial charge in [0.25, 0.3) is 5.91 Å². The Hall–Kier alpha value is -2.24. The van der Waals surface area contributed by atoms with Gasteiger partial charge in [0.1, 0.15) is 0 Å². The maximum Gasteiger partial charge on any atom is 0.271 e. The number of amides is 1. The fourth-order valence-corrected chi connectivity index (χ4v) is 1.37. The van der Waals surface area contributed by atoms with Crippen LogP contribution in [0.4, 0.5) is 5.82 Å². The molecule has 108 valence electrons. The van der Waals surface area contributed by atoms with E-state index in [2.05, 4.69) is 27.2 Å². The van der Waals surface area contributed by atoms with Crippen LogP contribution in [-0.4, -0.2) is 28.1 Å². The van der Waals surface area contributed by atoms with Crippen LogP contribution >= 0.6 is 0 Å². The van der Waals surface area contributed by atoms with Gasteiger partial charge in [0.2, 0.25) is 0 Å². The molecule has 1 heterocycles. The van der Waals surface area contributed by atoms with Crippen molar-refractivity contribution in [2.45, 2.75) is 40.2 Å². The van der Waals surface area contributed by atoms with E-state index < -0.39 is 5.91 Å². The number of allylic oxidation sites excluding steroid dienone is 2. The second-order valence-electron chi connectivity index (χ2n) is 4.48. The highest BCUT2D eigenvalue weighted by atomic mass is 16.1. The van der Waals surface area contributed by atoms with Crippen LogP contribution in [0.15, 0.2) is 23.0 Å². The molecule has 0 spiro atoms. The summed E-state index contributed by atoms with van der Waals surface area (Å²) < 4.78 is 0. The van der Waals surface area contributed by atoms with Crippen LogP contribution in [-0.2, 0) is 0 Å². The van der Waals surface area contributed by atoms with Crippen molar-refractivity contribution in [3.63, 3.8) is 0 Å². The zero-order valence-electron chi connectivity index (χ0n) is 12.3. The average Bonchev–Trinajstić information content (AvgIpc) is 2.42. The fourth-order valence-electron chi connectivity index (χ4n) is 1.37. The van der Waals surface area contributed by atoms with Crippen molar-refractivity contribution in [1.29, 1.82) is 0 Å². The molecule has 0 saturated heterocycles. The summed E-state index contributed by atoms with van der Waals surface area (Å²) in [6.45, 7) is 7.77. The number of aryl methyl sites for hydroxylation is 1. The van der Waals surface area contributed by atoms with Crippen molar-refractivity contribution in [2.75, 3.05) is 5.32 Å².